The zero-order chi connectivity index (χ0) is 10.7. The van der Waals surface area contributed by atoms with E-state index in [1.165, 1.54) is 0 Å². The van der Waals surface area contributed by atoms with Crippen molar-refractivity contribution < 1.29 is 9.84 Å². The molecule has 2 rings (SSSR count). The standard InChI is InChI=1S/C12H17NO2/c13-12(5-2-6-15-9-12)8-10-3-1-4-11(14)7-10/h1,3-4,7,14H,2,5-6,8-9,13H2. The lowest BCUT2D eigenvalue weighted by Crippen LogP contribution is -2.49. The van der Waals surface area contributed by atoms with Gasteiger partial charge in [0.1, 0.15) is 5.75 Å². The van der Waals surface area contributed by atoms with E-state index in [1.54, 1.807) is 12.1 Å². The third-order valence-corrected chi connectivity index (χ3v) is 2.82. The van der Waals surface area contributed by atoms with Crippen LogP contribution in [0.3, 0.4) is 0 Å². The Labute approximate surface area is 89.9 Å². The molecule has 1 aromatic rings. The molecule has 0 aliphatic carbocycles. The highest BCUT2D eigenvalue weighted by Gasteiger charge is 2.28. The van der Waals surface area contributed by atoms with Gasteiger partial charge in [-0.3, -0.25) is 0 Å². The molecule has 0 amide bonds. The summed E-state index contributed by atoms with van der Waals surface area (Å²) in [5.41, 5.74) is 7.05. The summed E-state index contributed by atoms with van der Waals surface area (Å²) >= 11 is 0. The van der Waals surface area contributed by atoms with Gasteiger partial charge in [0.05, 0.1) is 6.61 Å². The summed E-state index contributed by atoms with van der Waals surface area (Å²) < 4.78 is 5.40. The minimum Gasteiger partial charge on any atom is -0.508 e. The molecule has 1 fully saturated rings. The zero-order valence-electron chi connectivity index (χ0n) is 8.78. The Morgan fingerprint density at radius 1 is 1.47 bits per heavy atom. The molecule has 3 heteroatoms. The topological polar surface area (TPSA) is 55.5 Å². The van der Waals surface area contributed by atoms with E-state index in [9.17, 15) is 5.11 Å². The largest absolute Gasteiger partial charge is 0.508 e. The van der Waals surface area contributed by atoms with Gasteiger partial charge in [0, 0.05) is 12.1 Å². The molecule has 1 unspecified atom stereocenters. The molecule has 3 N–H and O–H groups in total. The van der Waals surface area contributed by atoms with Crippen LogP contribution in [-0.2, 0) is 11.2 Å². The second kappa shape index (κ2) is 4.21. The summed E-state index contributed by atoms with van der Waals surface area (Å²) in [6, 6.07) is 7.27. The van der Waals surface area contributed by atoms with Crippen molar-refractivity contribution in [3.63, 3.8) is 0 Å². The number of nitrogens with two attached hydrogens (primary N) is 1. The predicted molar refractivity (Wildman–Crippen MR) is 58.8 cm³/mol. The van der Waals surface area contributed by atoms with Gasteiger partial charge >= 0.3 is 0 Å². The van der Waals surface area contributed by atoms with Gasteiger partial charge in [-0.2, -0.15) is 0 Å². The van der Waals surface area contributed by atoms with Crippen molar-refractivity contribution >= 4 is 0 Å². The van der Waals surface area contributed by atoms with Crippen LogP contribution >= 0.6 is 0 Å². The molecule has 1 aliphatic heterocycles. The van der Waals surface area contributed by atoms with Gasteiger partial charge in [0.2, 0.25) is 0 Å². The number of rotatable bonds is 2. The summed E-state index contributed by atoms with van der Waals surface area (Å²) in [6.45, 7) is 1.43. The molecular formula is C12H17NO2. The van der Waals surface area contributed by atoms with Gasteiger partial charge in [-0.25, -0.2) is 0 Å². The lowest BCUT2D eigenvalue weighted by Gasteiger charge is -2.33. The van der Waals surface area contributed by atoms with Crippen LogP contribution in [-0.4, -0.2) is 23.9 Å². The molecule has 1 atom stereocenters. The fourth-order valence-electron chi connectivity index (χ4n) is 2.09. The Morgan fingerprint density at radius 2 is 2.33 bits per heavy atom. The van der Waals surface area contributed by atoms with Crippen molar-refractivity contribution in [2.45, 2.75) is 24.8 Å². The van der Waals surface area contributed by atoms with Gasteiger partial charge in [-0.15, -0.1) is 0 Å². The Balaban J connectivity index is 2.06. The summed E-state index contributed by atoms with van der Waals surface area (Å²) in [6.07, 6.45) is 2.78. The predicted octanol–water partition coefficient (Wildman–Crippen LogP) is 1.44. The van der Waals surface area contributed by atoms with Gasteiger partial charge in [0.15, 0.2) is 0 Å². The van der Waals surface area contributed by atoms with E-state index in [-0.39, 0.29) is 5.54 Å². The van der Waals surface area contributed by atoms with Crippen LogP contribution in [0.5, 0.6) is 5.75 Å². The van der Waals surface area contributed by atoms with Crippen molar-refractivity contribution in [3.05, 3.63) is 29.8 Å². The maximum absolute atomic E-state index is 9.35. The number of hydrogen-bond donors (Lipinski definition) is 2. The van der Waals surface area contributed by atoms with Crippen LogP contribution in [0, 0.1) is 0 Å². The molecular weight excluding hydrogens is 190 g/mol. The van der Waals surface area contributed by atoms with Gasteiger partial charge in [-0.1, -0.05) is 12.1 Å². The van der Waals surface area contributed by atoms with Gasteiger partial charge in [-0.05, 0) is 37.0 Å². The molecule has 0 spiro atoms. The maximum atomic E-state index is 9.35. The second-order valence-corrected chi connectivity index (χ2v) is 4.37. The van der Waals surface area contributed by atoms with E-state index in [4.69, 9.17) is 10.5 Å². The molecule has 15 heavy (non-hydrogen) atoms. The molecule has 82 valence electrons. The van der Waals surface area contributed by atoms with Crippen LogP contribution < -0.4 is 5.73 Å². The van der Waals surface area contributed by atoms with Crippen LogP contribution in [0.15, 0.2) is 24.3 Å². The molecule has 0 saturated carbocycles. The first-order valence-corrected chi connectivity index (χ1v) is 5.33. The third kappa shape index (κ3) is 2.70. The van der Waals surface area contributed by atoms with Crippen molar-refractivity contribution in [3.8, 4) is 5.75 Å². The minimum atomic E-state index is -0.258. The van der Waals surface area contributed by atoms with E-state index in [1.807, 2.05) is 12.1 Å². The smallest absolute Gasteiger partial charge is 0.115 e. The Morgan fingerprint density at radius 3 is 3.00 bits per heavy atom. The van der Waals surface area contributed by atoms with Crippen LogP contribution in [0.25, 0.3) is 0 Å². The number of ether oxygens (including phenoxy) is 1. The molecule has 1 saturated heterocycles. The quantitative estimate of drug-likeness (QED) is 0.771. The van der Waals surface area contributed by atoms with E-state index < -0.39 is 0 Å². The van der Waals surface area contributed by atoms with Gasteiger partial charge in [0.25, 0.3) is 0 Å². The third-order valence-electron chi connectivity index (χ3n) is 2.82. The zero-order valence-corrected chi connectivity index (χ0v) is 8.78. The SMILES string of the molecule is NC1(Cc2cccc(O)c2)CCCOC1. The van der Waals surface area contributed by atoms with Gasteiger partial charge < -0.3 is 15.6 Å². The average Bonchev–Trinajstić information content (AvgIpc) is 2.18. The monoisotopic (exact) mass is 207 g/mol. The molecule has 0 radical (unpaired) electrons. The number of benzene rings is 1. The number of phenols is 1. The highest BCUT2D eigenvalue weighted by atomic mass is 16.5. The number of phenolic OH excluding ortho intramolecular Hbond substituents is 1. The first-order valence-electron chi connectivity index (χ1n) is 5.33. The molecule has 1 heterocycles. The van der Waals surface area contributed by atoms with E-state index in [0.717, 1.165) is 31.4 Å². The second-order valence-electron chi connectivity index (χ2n) is 4.37. The molecule has 1 aromatic carbocycles. The van der Waals surface area contributed by atoms with Crippen LogP contribution in [0.4, 0.5) is 0 Å². The molecule has 3 nitrogen and oxygen atoms in total. The summed E-state index contributed by atoms with van der Waals surface area (Å²) in [5, 5.41) is 9.35. The van der Waals surface area contributed by atoms with E-state index >= 15 is 0 Å². The van der Waals surface area contributed by atoms with Crippen LogP contribution in [0.2, 0.25) is 0 Å². The molecule has 0 aromatic heterocycles. The number of aromatic hydroxyl groups is 1. The minimum absolute atomic E-state index is 0.258. The summed E-state index contributed by atoms with van der Waals surface area (Å²) in [7, 11) is 0. The average molecular weight is 207 g/mol. The highest BCUT2D eigenvalue weighted by molar-refractivity contribution is 5.28. The summed E-state index contributed by atoms with van der Waals surface area (Å²) in [5.74, 6) is 0.299. The fourth-order valence-corrected chi connectivity index (χ4v) is 2.09. The first-order chi connectivity index (χ1) is 7.18. The fraction of sp³-hybridized carbons (Fsp3) is 0.500. The van der Waals surface area contributed by atoms with Crippen molar-refractivity contribution in [2.75, 3.05) is 13.2 Å². The van der Waals surface area contributed by atoms with Crippen molar-refractivity contribution in [2.24, 2.45) is 5.73 Å². The lowest BCUT2D eigenvalue weighted by atomic mass is 9.87. The lowest BCUT2D eigenvalue weighted by molar-refractivity contribution is 0.0382. The van der Waals surface area contributed by atoms with Crippen molar-refractivity contribution in [1.29, 1.82) is 0 Å². The molecule has 1 aliphatic rings. The highest BCUT2D eigenvalue weighted by Crippen LogP contribution is 2.22. The van der Waals surface area contributed by atoms with Crippen molar-refractivity contribution in [1.82, 2.24) is 0 Å². The normalized spacial score (nSPS) is 26.5. The van der Waals surface area contributed by atoms with E-state index in [2.05, 4.69) is 0 Å². The Bertz CT molecular complexity index is 332. The molecule has 0 bridgehead atoms. The van der Waals surface area contributed by atoms with E-state index in [0.29, 0.717) is 12.4 Å². The first kappa shape index (κ1) is 10.5. The Hall–Kier alpha value is -1.06. The maximum Gasteiger partial charge on any atom is 0.115 e. The Kier molecular flexibility index (Phi) is 2.93. The number of hydrogen-bond acceptors (Lipinski definition) is 3. The summed E-state index contributed by atoms with van der Waals surface area (Å²) in [4.78, 5) is 0. The van der Waals surface area contributed by atoms with Crippen LogP contribution in [0.1, 0.15) is 18.4 Å².